The van der Waals surface area contributed by atoms with Gasteiger partial charge in [0.05, 0.1) is 5.56 Å². The topological polar surface area (TPSA) is 30.0 Å². The van der Waals surface area contributed by atoms with E-state index in [9.17, 15) is 26.7 Å². The van der Waals surface area contributed by atoms with E-state index in [0.29, 0.717) is 12.1 Å². The molecule has 0 saturated heterocycles. The molecule has 0 unspecified atom stereocenters. The van der Waals surface area contributed by atoms with Crippen LogP contribution in [0, 0.1) is 11.9 Å². The van der Waals surface area contributed by atoms with Crippen molar-refractivity contribution in [1.82, 2.24) is 4.98 Å². The Morgan fingerprint density at radius 2 is 1.79 bits per heavy atom. The van der Waals surface area contributed by atoms with Crippen LogP contribution >= 0.6 is 0 Å². The highest BCUT2D eigenvalue weighted by atomic mass is 19.4. The lowest BCUT2D eigenvalue weighted by Gasteiger charge is -2.04. The third-order valence-corrected chi connectivity index (χ3v) is 1.32. The minimum absolute atomic E-state index is 0.396. The molecule has 2 nitrogen and oxygen atoms in total. The molecule has 0 aliphatic heterocycles. The number of nitrogens with zero attached hydrogens (tertiary/aromatic N) is 1. The maximum atomic E-state index is 12.6. The predicted molar refractivity (Wildman–Crippen MR) is 34.5 cm³/mol. The molecular weight excluding hydrogens is 209 g/mol. The fraction of sp³-hybridized carbons (Fsp3) is 0.143. The van der Waals surface area contributed by atoms with Gasteiger partial charge >= 0.3 is 6.18 Å². The Kier molecular flexibility index (Phi) is 2.50. The number of ketones is 1. The largest absolute Gasteiger partial charge is 0.455 e. The van der Waals surface area contributed by atoms with Crippen LogP contribution in [0.2, 0.25) is 0 Å². The van der Waals surface area contributed by atoms with E-state index in [0.717, 1.165) is 0 Å². The third kappa shape index (κ3) is 2.04. The molecule has 0 bridgehead atoms. The number of aromatic nitrogens is 1. The van der Waals surface area contributed by atoms with Crippen molar-refractivity contribution in [1.29, 1.82) is 0 Å². The number of rotatable bonds is 1. The van der Waals surface area contributed by atoms with Crippen molar-refractivity contribution in [2.24, 2.45) is 0 Å². The Morgan fingerprint density at radius 3 is 2.21 bits per heavy atom. The van der Waals surface area contributed by atoms with Crippen molar-refractivity contribution in [3.05, 3.63) is 29.6 Å². The zero-order valence-corrected chi connectivity index (χ0v) is 6.40. The van der Waals surface area contributed by atoms with E-state index >= 15 is 0 Å². The summed E-state index contributed by atoms with van der Waals surface area (Å²) in [6, 6.07) is 0.871. The van der Waals surface area contributed by atoms with Gasteiger partial charge in [-0.3, -0.25) is 4.79 Å². The summed E-state index contributed by atoms with van der Waals surface area (Å²) >= 11 is 0. The van der Waals surface area contributed by atoms with E-state index in [1.165, 1.54) is 0 Å². The van der Waals surface area contributed by atoms with Crippen LogP contribution in [0.1, 0.15) is 10.4 Å². The van der Waals surface area contributed by atoms with E-state index in [1.54, 1.807) is 0 Å². The second-order valence-corrected chi connectivity index (χ2v) is 2.30. The number of carbonyl (C=O) groups excluding carboxylic acids is 1. The van der Waals surface area contributed by atoms with Gasteiger partial charge < -0.3 is 0 Å². The van der Waals surface area contributed by atoms with E-state index in [4.69, 9.17) is 0 Å². The lowest BCUT2D eigenvalue weighted by atomic mass is 10.2. The highest BCUT2D eigenvalue weighted by molar-refractivity contribution is 6.00. The molecule has 0 aromatic carbocycles. The quantitative estimate of drug-likeness (QED) is 0.404. The molecule has 14 heavy (non-hydrogen) atoms. The number of Topliss-reactive ketones (excluding diaryl/α,β-unsaturated/α-hetero) is 1. The van der Waals surface area contributed by atoms with Crippen molar-refractivity contribution in [2.45, 2.75) is 6.18 Å². The Labute approximate surface area is 74.4 Å². The van der Waals surface area contributed by atoms with Crippen LogP contribution in [0.25, 0.3) is 0 Å². The third-order valence-electron chi connectivity index (χ3n) is 1.32. The van der Waals surface area contributed by atoms with Gasteiger partial charge in [0.1, 0.15) is 0 Å². The van der Waals surface area contributed by atoms with Crippen molar-refractivity contribution >= 4 is 5.78 Å². The van der Waals surface area contributed by atoms with Crippen LogP contribution in [-0.4, -0.2) is 16.9 Å². The normalized spacial score (nSPS) is 11.5. The van der Waals surface area contributed by atoms with Gasteiger partial charge in [-0.15, -0.1) is 0 Å². The molecular formula is C7H2F5NO. The molecule has 0 saturated carbocycles. The predicted octanol–water partition coefficient (Wildman–Crippen LogP) is 2.10. The van der Waals surface area contributed by atoms with Gasteiger partial charge in [-0.1, -0.05) is 0 Å². The summed E-state index contributed by atoms with van der Waals surface area (Å²) < 4.78 is 60.1. The van der Waals surface area contributed by atoms with Gasteiger partial charge in [0.25, 0.3) is 5.78 Å². The standard InChI is InChI=1S/C7H2F5NO/c8-4-2-1-3(6(9)13-4)5(14)7(10,11)12/h1-2H. The number of pyridine rings is 1. The number of alkyl halides is 3. The number of carbonyl (C=O) groups is 1. The van der Waals surface area contributed by atoms with Crippen LogP contribution in [0.5, 0.6) is 0 Å². The molecule has 0 fully saturated rings. The first kappa shape index (κ1) is 10.6. The van der Waals surface area contributed by atoms with Gasteiger partial charge in [-0.05, 0) is 12.1 Å². The van der Waals surface area contributed by atoms with Crippen molar-refractivity contribution in [2.75, 3.05) is 0 Å². The molecule has 7 heteroatoms. The monoisotopic (exact) mass is 211 g/mol. The number of hydrogen-bond acceptors (Lipinski definition) is 2. The summed E-state index contributed by atoms with van der Waals surface area (Å²) in [7, 11) is 0. The zero-order chi connectivity index (χ0) is 10.9. The number of halogens is 5. The average Bonchev–Trinajstić information content (AvgIpc) is 2.01. The van der Waals surface area contributed by atoms with E-state index in [1.807, 2.05) is 0 Å². The molecule has 1 aromatic heterocycles. The Morgan fingerprint density at radius 1 is 1.21 bits per heavy atom. The summed E-state index contributed by atoms with van der Waals surface area (Å²) in [5, 5.41) is 0. The zero-order valence-electron chi connectivity index (χ0n) is 6.40. The Bertz CT molecular complexity index is 373. The molecule has 0 amide bonds. The maximum absolute atomic E-state index is 12.6. The first-order valence-corrected chi connectivity index (χ1v) is 3.26. The lowest BCUT2D eigenvalue weighted by Crippen LogP contribution is -2.24. The summed E-state index contributed by atoms with van der Waals surface area (Å²) in [6.45, 7) is 0. The molecule has 1 rings (SSSR count). The number of hydrogen-bond donors (Lipinski definition) is 0. The molecule has 76 valence electrons. The average molecular weight is 211 g/mol. The molecule has 0 spiro atoms. The smallest absolute Gasteiger partial charge is 0.284 e. The molecule has 0 N–H and O–H groups in total. The van der Waals surface area contributed by atoms with E-state index in [2.05, 4.69) is 4.98 Å². The van der Waals surface area contributed by atoms with Crippen LogP contribution in [0.15, 0.2) is 12.1 Å². The van der Waals surface area contributed by atoms with Crippen LogP contribution in [0.3, 0.4) is 0 Å². The molecule has 1 aromatic rings. The van der Waals surface area contributed by atoms with Crippen LogP contribution in [-0.2, 0) is 0 Å². The van der Waals surface area contributed by atoms with Crippen molar-refractivity contribution < 1.29 is 26.7 Å². The van der Waals surface area contributed by atoms with Crippen molar-refractivity contribution in [3.8, 4) is 0 Å². The highest BCUT2D eigenvalue weighted by Gasteiger charge is 2.41. The fourth-order valence-electron chi connectivity index (χ4n) is 0.734. The van der Waals surface area contributed by atoms with Crippen molar-refractivity contribution in [3.63, 3.8) is 0 Å². The summed E-state index contributed by atoms with van der Waals surface area (Å²) in [5.74, 6) is -5.45. The van der Waals surface area contributed by atoms with Gasteiger partial charge in [-0.2, -0.15) is 26.9 Å². The molecule has 1 heterocycles. The fourth-order valence-corrected chi connectivity index (χ4v) is 0.734. The minimum atomic E-state index is -5.19. The Balaban J connectivity index is 3.15. The van der Waals surface area contributed by atoms with Gasteiger partial charge in [0, 0.05) is 0 Å². The van der Waals surface area contributed by atoms with Gasteiger partial charge in [0.2, 0.25) is 11.9 Å². The van der Waals surface area contributed by atoms with E-state index in [-0.39, 0.29) is 0 Å². The summed E-state index contributed by atoms with van der Waals surface area (Å²) in [4.78, 5) is 12.9. The maximum Gasteiger partial charge on any atom is 0.455 e. The Hall–Kier alpha value is -1.53. The summed E-state index contributed by atoms with van der Waals surface area (Å²) in [6.07, 6.45) is -5.19. The SMILES string of the molecule is O=C(c1ccc(F)nc1F)C(F)(F)F. The lowest BCUT2D eigenvalue weighted by molar-refractivity contribution is -0.0888. The molecule has 0 atom stereocenters. The second-order valence-electron chi connectivity index (χ2n) is 2.30. The van der Waals surface area contributed by atoms with Gasteiger partial charge in [0.15, 0.2) is 0 Å². The molecule has 0 aliphatic carbocycles. The van der Waals surface area contributed by atoms with Crippen LogP contribution in [0.4, 0.5) is 22.0 Å². The first-order chi connectivity index (χ1) is 6.32. The van der Waals surface area contributed by atoms with Crippen LogP contribution < -0.4 is 0 Å². The van der Waals surface area contributed by atoms with Gasteiger partial charge in [-0.25, -0.2) is 0 Å². The minimum Gasteiger partial charge on any atom is -0.284 e. The molecule has 0 aliphatic rings. The van der Waals surface area contributed by atoms with E-state index < -0.39 is 29.4 Å². The highest BCUT2D eigenvalue weighted by Crippen LogP contribution is 2.22. The molecule has 0 radical (unpaired) electrons. The first-order valence-electron chi connectivity index (χ1n) is 3.26. The second kappa shape index (κ2) is 3.32. The summed E-state index contributed by atoms with van der Waals surface area (Å²) in [5.41, 5.74) is -1.29.